The van der Waals surface area contributed by atoms with Gasteiger partial charge in [-0.05, 0) is 37.3 Å². The molecule has 25 heavy (non-hydrogen) atoms. The van der Waals surface area contributed by atoms with Gasteiger partial charge in [-0.1, -0.05) is 31.0 Å². The fraction of sp³-hybridized carbons (Fsp3) is 0.550. The van der Waals surface area contributed by atoms with Crippen molar-refractivity contribution in [2.75, 3.05) is 13.6 Å². The SMILES string of the molecule is CN(CCC#N)C(=O)[C@@H]1C[C@@H]2CCCC[C@H]2N1C(=O)c1ccccc1. The van der Waals surface area contributed by atoms with E-state index in [1.807, 2.05) is 35.2 Å². The number of carbonyl (C=O) groups excluding carboxylic acids is 2. The Kier molecular flexibility index (Phi) is 5.37. The molecule has 3 rings (SSSR count). The third kappa shape index (κ3) is 3.53. The molecule has 0 bridgehead atoms. The van der Waals surface area contributed by atoms with Gasteiger partial charge in [0.2, 0.25) is 5.91 Å². The predicted octanol–water partition coefficient (Wildman–Crippen LogP) is 2.83. The van der Waals surface area contributed by atoms with Crippen LogP contribution in [0.3, 0.4) is 0 Å². The molecule has 5 nitrogen and oxygen atoms in total. The van der Waals surface area contributed by atoms with Crippen LogP contribution in [0.15, 0.2) is 30.3 Å². The van der Waals surface area contributed by atoms with Crippen molar-refractivity contribution in [3.8, 4) is 6.07 Å². The summed E-state index contributed by atoms with van der Waals surface area (Å²) in [4.78, 5) is 29.6. The van der Waals surface area contributed by atoms with Crippen LogP contribution >= 0.6 is 0 Å². The van der Waals surface area contributed by atoms with Gasteiger partial charge in [-0.2, -0.15) is 5.26 Å². The quantitative estimate of drug-likeness (QED) is 0.847. The molecule has 0 aromatic heterocycles. The van der Waals surface area contributed by atoms with E-state index in [4.69, 9.17) is 5.26 Å². The first-order valence-corrected chi connectivity index (χ1v) is 9.13. The summed E-state index contributed by atoms with van der Waals surface area (Å²) in [6.07, 6.45) is 5.43. The molecule has 2 amide bonds. The largest absolute Gasteiger partial charge is 0.343 e. The molecule has 1 aliphatic carbocycles. The molecule has 1 aromatic carbocycles. The van der Waals surface area contributed by atoms with E-state index in [2.05, 4.69) is 6.07 Å². The number of hydrogen-bond donors (Lipinski definition) is 0. The average molecular weight is 339 g/mol. The summed E-state index contributed by atoms with van der Waals surface area (Å²) >= 11 is 0. The van der Waals surface area contributed by atoms with Gasteiger partial charge in [0.15, 0.2) is 0 Å². The lowest BCUT2D eigenvalue weighted by Crippen LogP contribution is -2.50. The van der Waals surface area contributed by atoms with E-state index in [1.165, 1.54) is 6.42 Å². The van der Waals surface area contributed by atoms with E-state index in [0.29, 0.717) is 24.4 Å². The zero-order valence-electron chi connectivity index (χ0n) is 14.7. The highest BCUT2D eigenvalue weighted by Crippen LogP contribution is 2.41. The fourth-order valence-corrected chi connectivity index (χ4v) is 4.28. The number of fused-ring (bicyclic) bond motifs is 1. The maximum atomic E-state index is 13.2. The Hall–Kier alpha value is -2.35. The molecule has 1 saturated carbocycles. The van der Waals surface area contributed by atoms with Crippen molar-refractivity contribution in [1.29, 1.82) is 5.26 Å². The average Bonchev–Trinajstić information content (AvgIpc) is 3.05. The standard InChI is InChI=1S/C20H25N3O2/c1-22(13-7-12-21)20(25)18-14-16-10-5-6-11-17(16)23(18)19(24)15-8-3-2-4-9-15/h2-4,8-9,16-18H,5-7,10-11,13-14H2,1H3/t16-,17+,18-/m0/s1. The van der Waals surface area contributed by atoms with Crippen LogP contribution < -0.4 is 0 Å². The van der Waals surface area contributed by atoms with Gasteiger partial charge in [0.05, 0.1) is 12.5 Å². The second-order valence-corrected chi connectivity index (χ2v) is 7.11. The number of likely N-dealkylation sites (N-methyl/N-ethyl adjacent to an activating group) is 1. The summed E-state index contributed by atoms with van der Waals surface area (Å²) in [5.74, 6) is 0.343. The van der Waals surface area contributed by atoms with Crippen LogP contribution in [0.2, 0.25) is 0 Å². The molecule has 2 fully saturated rings. The van der Waals surface area contributed by atoms with Crippen molar-refractivity contribution < 1.29 is 9.59 Å². The van der Waals surface area contributed by atoms with Crippen molar-refractivity contribution >= 4 is 11.8 Å². The molecule has 2 aliphatic rings. The van der Waals surface area contributed by atoms with E-state index < -0.39 is 6.04 Å². The van der Waals surface area contributed by atoms with Crippen molar-refractivity contribution in [2.24, 2.45) is 5.92 Å². The minimum atomic E-state index is -0.399. The lowest BCUT2D eigenvalue weighted by Gasteiger charge is -2.34. The Morgan fingerprint density at radius 3 is 2.68 bits per heavy atom. The maximum Gasteiger partial charge on any atom is 0.254 e. The van der Waals surface area contributed by atoms with Crippen LogP contribution in [-0.2, 0) is 4.79 Å². The molecule has 0 spiro atoms. The summed E-state index contributed by atoms with van der Waals surface area (Å²) < 4.78 is 0. The van der Waals surface area contributed by atoms with Gasteiger partial charge in [0.25, 0.3) is 5.91 Å². The molecule has 1 heterocycles. The maximum absolute atomic E-state index is 13.2. The summed E-state index contributed by atoms with van der Waals surface area (Å²) in [5, 5.41) is 8.77. The lowest BCUT2D eigenvalue weighted by molar-refractivity contribution is -0.134. The number of nitriles is 1. The van der Waals surface area contributed by atoms with E-state index in [9.17, 15) is 9.59 Å². The second-order valence-electron chi connectivity index (χ2n) is 7.11. The van der Waals surface area contributed by atoms with Gasteiger partial charge >= 0.3 is 0 Å². The Labute approximate surface area is 149 Å². The first-order valence-electron chi connectivity index (χ1n) is 9.13. The minimum Gasteiger partial charge on any atom is -0.343 e. The number of hydrogen-bond acceptors (Lipinski definition) is 3. The number of amides is 2. The Balaban J connectivity index is 1.85. The molecular weight excluding hydrogens is 314 g/mol. The minimum absolute atomic E-state index is 0.0334. The van der Waals surface area contributed by atoms with Gasteiger partial charge in [-0.3, -0.25) is 9.59 Å². The van der Waals surface area contributed by atoms with Gasteiger partial charge in [-0.15, -0.1) is 0 Å². The monoisotopic (exact) mass is 339 g/mol. The smallest absolute Gasteiger partial charge is 0.254 e. The van der Waals surface area contributed by atoms with E-state index in [1.54, 1.807) is 11.9 Å². The first-order chi connectivity index (χ1) is 12.1. The third-order valence-corrected chi connectivity index (χ3v) is 5.56. The van der Waals surface area contributed by atoms with Crippen molar-refractivity contribution in [3.05, 3.63) is 35.9 Å². The van der Waals surface area contributed by atoms with E-state index in [0.717, 1.165) is 25.7 Å². The number of carbonyl (C=O) groups is 2. The first kappa shape index (κ1) is 17.5. The van der Waals surface area contributed by atoms with Gasteiger partial charge < -0.3 is 9.80 Å². The van der Waals surface area contributed by atoms with Crippen LogP contribution in [0.1, 0.15) is 48.9 Å². The Morgan fingerprint density at radius 2 is 1.96 bits per heavy atom. The molecule has 0 N–H and O–H groups in total. The molecule has 1 saturated heterocycles. The van der Waals surface area contributed by atoms with Crippen molar-refractivity contribution in [1.82, 2.24) is 9.80 Å². The highest BCUT2D eigenvalue weighted by Gasteiger charge is 2.48. The summed E-state index contributed by atoms with van der Waals surface area (Å²) in [5.41, 5.74) is 0.645. The zero-order chi connectivity index (χ0) is 17.8. The highest BCUT2D eigenvalue weighted by atomic mass is 16.2. The zero-order valence-corrected chi connectivity index (χ0v) is 14.7. The molecule has 132 valence electrons. The number of likely N-dealkylation sites (tertiary alicyclic amines) is 1. The van der Waals surface area contributed by atoms with E-state index in [-0.39, 0.29) is 17.9 Å². The lowest BCUT2D eigenvalue weighted by atomic mass is 9.84. The number of benzene rings is 1. The van der Waals surface area contributed by atoms with Crippen LogP contribution in [0.5, 0.6) is 0 Å². The Bertz CT molecular complexity index is 667. The van der Waals surface area contributed by atoms with Crippen molar-refractivity contribution in [2.45, 2.75) is 50.6 Å². The molecule has 1 aliphatic heterocycles. The van der Waals surface area contributed by atoms with Gasteiger partial charge in [0.1, 0.15) is 6.04 Å². The number of nitrogens with zero attached hydrogens (tertiary/aromatic N) is 3. The normalized spacial score (nSPS) is 25.1. The topological polar surface area (TPSA) is 64.4 Å². The predicted molar refractivity (Wildman–Crippen MR) is 94.6 cm³/mol. The molecule has 0 radical (unpaired) electrons. The second kappa shape index (κ2) is 7.69. The van der Waals surface area contributed by atoms with Crippen LogP contribution in [-0.4, -0.2) is 47.3 Å². The summed E-state index contributed by atoms with van der Waals surface area (Å²) in [6.45, 7) is 0.411. The van der Waals surface area contributed by atoms with Gasteiger partial charge in [-0.25, -0.2) is 0 Å². The Morgan fingerprint density at radius 1 is 1.24 bits per heavy atom. The third-order valence-electron chi connectivity index (χ3n) is 5.56. The van der Waals surface area contributed by atoms with Gasteiger partial charge in [0, 0.05) is 25.2 Å². The van der Waals surface area contributed by atoms with E-state index >= 15 is 0 Å². The van der Waals surface area contributed by atoms with Crippen LogP contribution in [0.25, 0.3) is 0 Å². The molecular formula is C20H25N3O2. The summed E-state index contributed by atoms with van der Waals surface area (Å²) in [7, 11) is 1.73. The molecule has 5 heteroatoms. The van der Waals surface area contributed by atoms with Crippen LogP contribution in [0, 0.1) is 17.2 Å². The molecule has 0 unspecified atom stereocenters. The highest BCUT2D eigenvalue weighted by molar-refractivity contribution is 5.98. The van der Waals surface area contributed by atoms with Crippen LogP contribution in [0.4, 0.5) is 0 Å². The molecule has 1 aromatic rings. The number of rotatable bonds is 4. The molecule has 3 atom stereocenters. The summed E-state index contributed by atoms with van der Waals surface area (Å²) in [6, 6.07) is 11.1. The fourth-order valence-electron chi connectivity index (χ4n) is 4.28. The van der Waals surface area contributed by atoms with Crippen molar-refractivity contribution in [3.63, 3.8) is 0 Å².